The first-order valence-electron chi connectivity index (χ1n) is 9.03. The van der Waals surface area contributed by atoms with Crippen molar-refractivity contribution in [2.24, 2.45) is 0 Å². The predicted octanol–water partition coefficient (Wildman–Crippen LogP) is 2.55. The van der Waals surface area contributed by atoms with E-state index in [2.05, 4.69) is 12.2 Å². The molecule has 1 aromatic rings. The monoisotopic (exact) mass is 368 g/mol. The highest BCUT2D eigenvalue weighted by molar-refractivity contribution is 7.89. The van der Waals surface area contributed by atoms with E-state index in [0.717, 1.165) is 38.5 Å². The van der Waals surface area contributed by atoms with E-state index >= 15 is 0 Å². The van der Waals surface area contributed by atoms with E-state index in [9.17, 15) is 13.2 Å². The van der Waals surface area contributed by atoms with Crippen molar-refractivity contribution in [3.05, 3.63) is 24.3 Å². The van der Waals surface area contributed by atoms with E-state index in [-0.39, 0.29) is 17.4 Å². The summed E-state index contributed by atoms with van der Waals surface area (Å²) < 4.78 is 32.1. The molecule has 7 heteroatoms. The van der Waals surface area contributed by atoms with Crippen molar-refractivity contribution in [3.8, 4) is 5.75 Å². The molecular formula is C18H28N2O4S. The Bertz CT molecular complexity index is 638. The minimum atomic E-state index is -3.43. The predicted molar refractivity (Wildman–Crippen MR) is 97.1 cm³/mol. The second-order valence-corrected chi connectivity index (χ2v) is 8.22. The average Bonchev–Trinajstić information content (AvgIpc) is 2.64. The van der Waals surface area contributed by atoms with Gasteiger partial charge in [0.05, 0.1) is 4.90 Å². The highest BCUT2D eigenvalue weighted by Gasteiger charge is 2.25. The summed E-state index contributed by atoms with van der Waals surface area (Å²) in [7, 11) is -3.43. The molecule has 1 aromatic carbocycles. The van der Waals surface area contributed by atoms with Crippen molar-refractivity contribution in [2.45, 2.75) is 50.3 Å². The topological polar surface area (TPSA) is 75.7 Å². The lowest BCUT2D eigenvalue weighted by Gasteiger charge is -2.25. The lowest BCUT2D eigenvalue weighted by atomic mass is 10.2. The summed E-state index contributed by atoms with van der Waals surface area (Å²) in [5, 5.41) is 2.80. The van der Waals surface area contributed by atoms with Gasteiger partial charge < -0.3 is 10.1 Å². The normalized spacial score (nSPS) is 15.7. The van der Waals surface area contributed by atoms with Crippen LogP contribution in [0.5, 0.6) is 5.75 Å². The molecule has 0 unspecified atom stereocenters. The molecule has 25 heavy (non-hydrogen) atoms. The fraction of sp³-hybridized carbons (Fsp3) is 0.611. The van der Waals surface area contributed by atoms with Crippen LogP contribution < -0.4 is 10.1 Å². The molecule has 1 heterocycles. The summed E-state index contributed by atoms with van der Waals surface area (Å²) in [5.41, 5.74) is 0. The average molecular weight is 368 g/mol. The Balaban J connectivity index is 1.84. The molecule has 1 N–H and O–H groups in total. The summed E-state index contributed by atoms with van der Waals surface area (Å²) >= 11 is 0. The minimum Gasteiger partial charge on any atom is -0.484 e. The quantitative estimate of drug-likeness (QED) is 0.680. The highest BCUT2D eigenvalue weighted by Crippen LogP contribution is 2.22. The molecule has 1 fully saturated rings. The first-order valence-corrected chi connectivity index (χ1v) is 10.5. The first kappa shape index (κ1) is 19.7. The lowest BCUT2D eigenvalue weighted by molar-refractivity contribution is -0.123. The number of hydrogen-bond acceptors (Lipinski definition) is 4. The smallest absolute Gasteiger partial charge is 0.257 e. The summed E-state index contributed by atoms with van der Waals surface area (Å²) in [4.78, 5) is 11.9. The Morgan fingerprint density at radius 1 is 1.12 bits per heavy atom. The molecule has 1 saturated heterocycles. The van der Waals surface area contributed by atoms with E-state index in [0.29, 0.717) is 25.4 Å². The number of amides is 1. The number of unbranched alkanes of at least 4 members (excludes halogenated alkanes) is 2. The Hall–Kier alpha value is -1.60. The van der Waals surface area contributed by atoms with Crippen molar-refractivity contribution < 1.29 is 17.9 Å². The van der Waals surface area contributed by atoms with Crippen LogP contribution in [0.15, 0.2) is 29.2 Å². The van der Waals surface area contributed by atoms with Crippen molar-refractivity contribution >= 4 is 15.9 Å². The molecule has 0 saturated carbocycles. The number of benzene rings is 1. The molecular weight excluding hydrogens is 340 g/mol. The largest absolute Gasteiger partial charge is 0.484 e. The number of piperidine rings is 1. The van der Waals surface area contributed by atoms with Crippen molar-refractivity contribution in [1.82, 2.24) is 9.62 Å². The Morgan fingerprint density at radius 2 is 1.80 bits per heavy atom. The van der Waals surface area contributed by atoms with E-state index in [1.165, 1.54) is 4.31 Å². The summed E-state index contributed by atoms with van der Waals surface area (Å²) in [6.45, 7) is 3.87. The van der Waals surface area contributed by atoms with Gasteiger partial charge in [-0.3, -0.25) is 4.79 Å². The van der Waals surface area contributed by atoms with Crippen LogP contribution in [-0.2, 0) is 14.8 Å². The Kier molecular flexibility index (Phi) is 7.71. The summed E-state index contributed by atoms with van der Waals surface area (Å²) in [6.07, 6.45) is 6.07. The van der Waals surface area contributed by atoms with Crippen LogP contribution in [0, 0.1) is 0 Å². The number of rotatable bonds is 9. The van der Waals surface area contributed by atoms with Gasteiger partial charge >= 0.3 is 0 Å². The fourth-order valence-electron chi connectivity index (χ4n) is 2.76. The minimum absolute atomic E-state index is 0.0651. The molecule has 140 valence electrons. The lowest BCUT2D eigenvalue weighted by Crippen LogP contribution is -2.35. The van der Waals surface area contributed by atoms with E-state index < -0.39 is 10.0 Å². The summed E-state index contributed by atoms with van der Waals surface area (Å²) in [6, 6.07) is 6.28. The van der Waals surface area contributed by atoms with Gasteiger partial charge in [0.1, 0.15) is 5.75 Å². The van der Waals surface area contributed by atoms with Crippen LogP contribution in [0.4, 0.5) is 0 Å². The zero-order chi connectivity index (χ0) is 18.1. The number of carbonyl (C=O) groups is 1. The Labute approximate surface area is 150 Å². The third-order valence-electron chi connectivity index (χ3n) is 4.25. The molecule has 1 aliphatic rings. The number of nitrogens with zero attached hydrogens (tertiary/aromatic N) is 1. The van der Waals surface area contributed by atoms with Crippen LogP contribution in [0.25, 0.3) is 0 Å². The molecule has 0 bridgehead atoms. The second kappa shape index (κ2) is 9.77. The zero-order valence-electron chi connectivity index (χ0n) is 14.9. The van der Waals surface area contributed by atoms with Gasteiger partial charge in [0, 0.05) is 19.6 Å². The molecule has 1 amide bonds. The van der Waals surface area contributed by atoms with Gasteiger partial charge in [-0.05, 0) is 43.5 Å². The number of carbonyl (C=O) groups excluding carboxylic acids is 1. The number of nitrogens with one attached hydrogen (secondary N) is 1. The maximum Gasteiger partial charge on any atom is 0.257 e. The first-order chi connectivity index (χ1) is 12.0. The van der Waals surface area contributed by atoms with Crippen LogP contribution in [-0.4, -0.2) is 44.9 Å². The van der Waals surface area contributed by atoms with Crippen LogP contribution in [0.1, 0.15) is 45.4 Å². The number of sulfonamides is 1. The maximum absolute atomic E-state index is 12.6. The van der Waals surface area contributed by atoms with Crippen LogP contribution in [0.3, 0.4) is 0 Å². The zero-order valence-corrected chi connectivity index (χ0v) is 15.7. The van der Waals surface area contributed by atoms with Gasteiger partial charge in [-0.15, -0.1) is 0 Å². The van der Waals surface area contributed by atoms with Crippen molar-refractivity contribution in [3.63, 3.8) is 0 Å². The van der Waals surface area contributed by atoms with Gasteiger partial charge in [-0.1, -0.05) is 26.2 Å². The van der Waals surface area contributed by atoms with Gasteiger partial charge in [0.15, 0.2) is 6.61 Å². The molecule has 0 atom stereocenters. The third kappa shape index (κ3) is 6.01. The van der Waals surface area contributed by atoms with Crippen molar-refractivity contribution in [2.75, 3.05) is 26.2 Å². The van der Waals surface area contributed by atoms with Crippen molar-refractivity contribution in [1.29, 1.82) is 0 Å². The molecule has 0 aromatic heterocycles. The van der Waals surface area contributed by atoms with Gasteiger partial charge in [0.25, 0.3) is 5.91 Å². The number of ether oxygens (including phenoxy) is 1. The maximum atomic E-state index is 12.6. The molecule has 0 radical (unpaired) electrons. The van der Waals surface area contributed by atoms with Crippen LogP contribution >= 0.6 is 0 Å². The van der Waals surface area contributed by atoms with Gasteiger partial charge in [-0.25, -0.2) is 8.42 Å². The summed E-state index contributed by atoms with van der Waals surface area (Å²) in [5.74, 6) is 0.322. The van der Waals surface area contributed by atoms with Crippen LogP contribution in [0.2, 0.25) is 0 Å². The Morgan fingerprint density at radius 3 is 2.44 bits per heavy atom. The SMILES string of the molecule is CCCCCNC(=O)COc1ccc(S(=O)(=O)N2CCCCC2)cc1. The molecule has 2 rings (SSSR count). The second-order valence-electron chi connectivity index (χ2n) is 6.28. The van der Waals surface area contributed by atoms with Gasteiger partial charge in [0.2, 0.25) is 10.0 Å². The van der Waals surface area contributed by atoms with E-state index in [4.69, 9.17) is 4.74 Å². The molecule has 0 spiro atoms. The van der Waals surface area contributed by atoms with E-state index in [1.54, 1.807) is 24.3 Å². The van der Waals surface area contributed by atoms with Gasteiger partial charge in [-0.2, -0.15) is 4.31 Å². The molecule has 1 aliphatic heterocycles. The standard InChI is InChI=1S/C18H28N2O4S/c1-2-3-5-12-19-18(21)15-24-16-8-10-17(11-9-16)25(22,23)20-13-6-4-7-14-20/h8-11H,2-7,12-15H2,1H3,(H,19,21). The molecule has 6 nitrogen and oxygen atoms in total. The molecule has 0 aliphatic carbocycles. The fourth-order valence-corrected chi connectivity index (χ4v) is 4.28. The van der Waals surface area contributed by atoms with E-state index in [1.807, 2.05) is 0 Å². The number of hydrogen-bond donors (Lipinski definition) is 1. The highest BCUT2D eigenvalue weighted by atomic mass is 32.2. The third-order valence-corrected chi connectivity index (χ3v) is 6.16.